The Bertz CT molecular complexity index is 434. The molecule has 5 heteroatoms. The summed E-state index contributed by atoms with van der Waals surface area (Å²) in [6.45, 7) is 2.91. The lowest BCUT2D eigenvalue weighted by molar-refractivity contribution is 0.0666. The third-order valence-corrected chi connectivity index (χ3v) is 5.58. The van der Waals surface area contributed by atoms with Gasteiger partial charge in [-0.25, -0.2) is 0 Å². The molecule has 2 saturated heterocycles. The molecule has 0 aromatic carbocycles. The zero-order valence-corrected chi connectivity index (χ0v) is 11.9. The maximum atomic E-state index is 12.4. The molecule has 1 aromatic rings. The Labute approximate surface area is 113 Å². The smallest absolute Gasteiger partial charge is 0.265 e. The fourth-order valence-corrected chi connectivity index (χ4v) is 4.33. The van der Waals surface area contributed by atoms with Gasteiger partial charge in [-0.2, -0.15) is 0 Å². The van der Waals surface area contributed by atoms with E-state index < -0.39 is 0 Å². The van der Waals surface area contributed by atoms with E-state index in [1.807, 2.05) is 16.3 Å². The quantitative estimate of drug-likeness (QED) is 0.863. The van der Waals surface area contributed by atoms with Crippen molar-refractivity contribution < 1.29 is 4.79 Å². The van der Waals surface area contributed by atoms with E-state index in [9.17, 15) is 4.79 Å². The molecule has 3 rings (SSSR count). The van der Waals surface area contributed by atoms with Crippen molar-refractivity contribution in [1.29, 1.82) is 0 Å². The van der Waals surface area contributed by atoms with E-state index >= 15 is 0 Å². The molecule has 2 fully saturated rings. The van der Waals surface area contributed by atoms with Crippen LogP contribution in [0.15, 0.2) is 15.9 Å². The van der Waals surface area contributed by atoms with E-state index in [1.165, 1.54) is 17.8 Å². The number of amides is 1. The number of piperidine rings is 1. The summed E-state index contributed by atoms with van der Waals surface area (Å²) in [6.07, 6.45) is 2.31. The summed E-state index contributed by atoms with van der Waals surface area (Å²) in [5.41, 5.74) is 0. The molecule has 0 aliphatic carbocycles. The molecule has 3 heterocycles. The second kappa shape index (κ2) is 4.71. The predicted octanol–water partition coefficient (Wildman–Crippen LogP) is 2.33. The van der Waals surface area contributed by atoms with Gasteiger partial charge in [-0.05, 0) is 52.7 Å². The molecule has 0 saturated carbocycles. The average Bonchev–Trinajstić information content (AvgIpc) is 2.95. The van der Waals surface area contributed by atoms with E-state index in [0.717, 1.165) is 35.4 Å². The molecule has 0 bridgehead atoms. The average molecular weight is 315 g/mol. The zero-order chi connectivity index (χ0) is 11.8. The molecular formula is C12H15BrN2OS. The van der Waals surface area contributed by atoms with Crippen LogP contribution in [-0.4, -0.2) is 36.5 Å². The molecule has 2 aliphatic rings. The first kappa shape index (κ1) is 11.7. The Morgan fingerprint density at radius 3 is 3.18 bits per heavy atom. The van der Waals surface area contributed by atoms with Gasteiger partial charge in [0.05, 0.1) is 0 Å². The minimum atomic E-state index is 0.192. The van der Waals surface area contributed by atoms with Gasteiger partial charge in [0.2, 0.25) is 0 Å². The highest BCUT2D eigenvalue weighted by Crippen LogP contribution is 2.29. The minimum absolute atomic E-state index is 0.192. The molecule has 3 nitrogen and oxygen atoms in total. The maximum absolute atomic E-state index is 12.4. The minimum Gasteiger partial charge on any atom is -0.338 e. The number of thiophene rings is 1. The van der Waals surface area contributed by atoms with Crippen molar-refractivity contribution in [1.82, 2.24) is 10.2 Å². The van der Waals surface area contributed by atoms with Crippen LogP contribution in [0.3, 0.4) is 0 Å². The number of carbonyl (C=O) groups is 1. The summed E-state index contributed by atoms with van der Waals surface area (Å²) >= 11 is 4.96. The van der Waals surface area contributed by atoms with Gasteiger partial charge in [-0.3, -0.25) is 4.79 Å². The van der Waals surface area contributed by atoms with Crippen LogP contribution in [0, 0.1) is 5.92 Å². The first-order valence-electron chi connectivity index (χ1n) is 6.01. The number of nitrogens with zero attached hydrogens (tertiary/aromatic N) is 1. The molecule has 0 radical (unpaired) electrons. The molecule has 92 valence electrons. The second-order valence-electron chi connectivity index (χ2n) is 4.75. The molecule has 0 spiro atoms. The van der Waals surface area contributed by atoms with E-state index in [1.54, 1.807) is 0 Å². The van der Waals surface area contributed by atoms with Crippen molar-refractivity contribution >= 4 is 33.2 Å². The van der Waals surface area contributed by atoms with Crippen molar-refractivity contribution in [2.75, 3.05) is 19.6 Å². The monoisotopic (exact) mass is 314 g/mol. The topological polar surface area (TPSA) is 32.3 Å². The molecule has 2 aliphatic heterocycles. The Balaban J connectivity index is 1.73. The van der Waals surface area contributed by atoms with Gasteiger partial charge >= 0.3 is 0 Å². The van der Waals surface area contributed by atoms with Crippen molar-refractivity contribution in [3.63, 3.8) is 0 Å². The number of nitrogens with one attached hydrogen (secondary N) is 1. The maximum Gasteiger partial charge on any atom is 0.265 e. The number of fused-ring (bicyclic) bond motifs is 1. The lowest BCUT2D eigenvalue weighted by atomic mass is 9.93. The summed E-state index contributed by atoms with van der Waals surface area (Å²) in [6, 6.07) is 2.59. The van der Waals surface area contributed by atoms with E-state index in [0.29, 0.717) is 12.0 Å². The van der Waals surface area contributed by atoms with Crippen molar-refractivity contribution in [3.8, 4) is 0 Å². The molecule has 1 aromatic heterocycles. The number of carbonyl (C=O) groups excluding carboxylic acids is 1. The van der Waals surface area contributed by atoms with Crippen LogP contribution < -0.4 is 5.32 Å². The number of hydrogen-bond acceptors (Lipinski definition) is 3. The number of rotatable bonds is 1. The third-order valence-electron chi connectivity index (χ3n) is 3.75. The summed E-state index contributed by atoms with van der Waals surface area (Å²) in [5, 5.41) is 5.48. The number of hydrogen-bond donors (Lipinski definition) is 1. The normalized spacial score (nSPS) is 28.2. The Kier molecular flexibility index (Phi) is 3.23. The van der Waals surface area contributed by atoms with Gasteiger partial charge in [-0.1, -0.05) is 0 Å². The van der Waals surface area contributed by atoms with Crippen molar-refractivity contribution in [3.05, 3.63) is 20.8 Å². The van der Waals surface area contributed by atoms with Crippen molar-refractivity contribution in [2.24, 2.45) is 5.92 Å². The van der Waals surface area contributed by atoms with E-state index in [2.05, 4.69) is 21.2 Å². The van der Waals surface area contributed by atoms with Gasteiger partial charge < -0.3 is 10.2 Å². The fourth-order valence-electron chi connectivity index (χ4n) is 2.82. The summed E-state index contributed by atoms with van der Waals surface area (Å²) in [7, 11) is 0. The molecular weight excluding hydrogens is 300 g/mol. The Morgan fingerprint density at radius 2 is 2.41 bits per heavy atom. The number of halogens is 1. The first-order chi connectivity index (χ1) is 8.25. The van der Waals surface area contributed by atoms with Crippen molar-refractivity contribution in [2.45, 2.75) is 18.9 Å². The largest absolute Gasteiger partial charge is 0.338 e. The lowest BCUT2D eigenvalue weighted by Crippen LogP contribution is -2.46. The summed E-state index contributed by atoms with van der Waals surface area (Å²) in [5.74, 6) is 0.851. The van der Waals surface area contributed by atoms with Gasteiger partial charge in [0.25, 0.3) is 5.91 Å². The highest BCUT2D eigenvalue weighted by atomic mass is 79.9. The first-order valence-corrected chi connectivity index (χ1v) is 7.68. The van der Waals surface area contributed by atoms with E-state index in [-0.39, 0.29) is 5.91 Å². The highest BCUT2D eigenvalue weighted by molar-refractivity contribution is 9.10. The van der Waals surface area contributed by atoms with Gasteiger partial charge in [0.1, 0.15) is 4.88 Å². The van der Waals surface area contributed by atoms with Gasteiger partial charge in [0.15, 0.2) is 0 Å². The van der Waals surface area contributed by atoms with Crippen LogP contribution in [0.25, 0.3) is 0 Å². The van der Waals surface area contributed by atoms with Gasteiger partial charge in [-0.15, -0.1) is 11.3 Å². The lowest BCUT2D eigenvalue weighted by Gasteiger charge is -2.34. The summed E-state index contributed by atoms with van der Waals surface area (Å²) in [4.78, 5) is 15.2. The van der Waals surface area contributed by atoms with Crippen LogP contribution in [0.1, 0.15) is 22.5 Å². The predicted molar refractivity (Wildman–Crippen MR) is 72.4 cm³/mol. The van der Waals surface area contributed by atoms with Crippen LogP contribution in [0.4, 0.5) is 0 Å². The number of likely N-dealkylation sites (tertiary alicyclic amines) is 1. The van der Waals surface area contributed by atoms with Crippen LogP contribution in [-0.2, 0) is 0 Å². The highest BCUT2D eigenvalue weighted by Gasteiger charge is 2.35. The van der Waals surface area contributed by atoms with Crippen LogP contribution in [0.5, 0.6) is 0 Å². The molecule has 1 N–H and O–H groups in total. The zero-order valence-electron chi connectivity index (χ0n) is 9.49. The SMILES string of the molecule is O=C(c1sccc1Br)N1CCC2NCCC2C1. The molecule has 1 amide bonds. The molecule has 2 unspecified atom stereocenters. The Morgan fingerprint density at radius 1 is 1.53 bits per heavy atom. The molecule has 17 heavy (non-hydrogen) atoms. The standard InChI is InChI=1S/C12H15BrN2OS/c13-9-3-6-17-11(9)12(16)15-5-2-10-8(7-15)1-4-14-10/h3,6,8,10,14H,1-2,4-5,7H2. The third kappa shape index (κ3) is 2.16. The second-order valence-corrected chi connectivity index (χ2v) is 6.52. The van der Waals surface area contributed by atoms with Crippen LogP contribution >= 0.6 is 27.3 Å². The van der Waals surface area contributed by atoms with Gasteiger partial charge in [0, 0.05) is 23.6 Å². The fraction of sp³-hybridized carbons (Fsp3) is 0.583. The van der Waals surface area contributed by atoms with Crippen LogP contribution in [0.2, 0.25) is 0 Å². The summed E-state index contributed by atoms with van der Waals surface area (Å²) < 4.78 is 0.930. The molecule has 2 atom stereocenters. The Hall–Kier alpha value is -0.390. The van der Waals surface area contributed by atoms with E-state index in [4.69, 9.17) is 0 Å².